The molecule has 0 saturated carbocycles. The van der Waals surface area contributed by atoms with E-state index in [1.165, 1.54) is 0 Å². The maximum atomic E-state index is 8.36. The summed E-state index contributed by atoms with van der Waals surface area (Å²) in [6.07, 6.45) is 0. The number of rotatable bonds is 0. The van der Waals surface area contributed by atoms with Gasteiger partial charge in [-0.2, -0.15) is 0 Å². The van der Waals surface area contributed by atoms with Crippen LogP contribution < -0.4 is 0 Å². The van der Waals surface area contributed by atoms with Gasteiger partial charge in [-0.15, -0.1) is 10.1 Å². The zero-order valence-electron chi connectivity index (χ0n) is 4.72. The Morgan fingerprint density at radius 2 is 1.83 bits per heavy atom. The fourth-order valence-electron chi connectivity index (χ4n) is 0. The summed E-state index contributed by atoms with van der Waals surface area (Å²) in [4.78, 5) is 8.36. The van der Waals surface area contributed by atoms with Gasteiger partial charge in [0.1, 0.15) is 0 Å². The van der Waals surface area contributed by atoms with Crippen molar-refractivity contribution in [3.8, 4) is 0 Å². The fraction of sp³-hybridized carbons (Fsp3) is 0. The first-order chi connectivity index (χ1) is 1.73. The molecule has 0 saturated heterocycles. The van der Waals surface area contributed by atoms with E-state index in [0.29, 0.717) is 0 Å². The molecule has 0 aliphatic rings. The van der Waals surface area contributed by atoms with Crippen LogP contribution in [0.5, 0.6) is 0 Å². The second kappa shape index (κ2) is 9.20. The summed E-state index contributed by atoms with van der Waals surface area (Å²) >= 11 is 0. The summed E-state index contributed by atoms with van der Waals surface area (Å²) in [6.45, 7) is 0. The van der Waals surface area contributed by atoms with E-state index in [0.717, 1.165) is 0 Å². The van der Waals surface area contributed by atoms with Crippen molar-refractivity contribution in [3.63, 3.8) is 0 Å². The van der Waals surface area contributed by atoms with Gasteiger partial charge in [0.2, 0.25) is 0 Å². The topological polar surface area (TPSA) is 63.4 Å². The van der Waals surface area contributed by atoms with Crippen molar-refractivity contribution in [2.45, 2.75) is 0 Å². The third-order valence-corrected chi connectivity index (χ3v) is 0. The molecule has 6 heavy (non-hydrogen) atoms. The number of hydrogen-bond donors (Lipinski definition) is 1. The normalized spacial score (nSPS) is 4.00. The molecular weight excluding hydrogens is 194 g/mol. The smallest absolute Gasteiger partial charge is 1.00 e. The van der Waals surface area contributed by atoms with Crippen LogP contribution in [0.15, 0.2) is 0 Å². The summed E-state index contributed by atoms with van der Waals surface area (Å²) in [6, 6.07) is 0. The SMILES string of the molecule is O=[N+]([O-])O.[Ag].[H-].[H-].[Mg+2]. The summed E-state index contributed by atoms with van der Waals surface area (Å²) in [5.41, 5.74) is 0. The molecule has 0 amide bonds. The van der Waals surface area contributed by atoms with Gasteiger partial charge in [0.05, 0.1) is 0 Å². The van der Waals surface area contributed by atoms with Crippen molar-refractivity contribution in [2.24, 2.45) is 0 Å². The Morgan fingerprint density at radius 1 is 1.83 bits per heavy atom. The van der Waals surface area contributed by atoms with Crippen LogP contribution in [0, 0.1) is 10.1 Å². The summed E-state index contributed by atoms with van der Waals surface area (Å²) in [7, 11) is 0. The first-order valence-corrected chi connectivity index (χ1v) is 0.565. The second-order valence-electron chi connectivity index (χ2n) is 0.238. The fourth-order valence-corrected chi connectivity index (χ4v) is 0. The summed E-state index contributed by atoms with van der Waals surface area (Å²) in [5.74, 6) is 0. The van der Waals surface area contributed by atoms with Crippen molar-refractivity contribution >= 4 is 23.1 Å². The van der Waals surface area contributed by atoms with Gasteiger partial charge in [-0.05, 0) is 0 Å². The molecule has 6 heteroatoms. The quantitative estimate of drug-likeness (QED) is 0.323. The van der Waals surface area contributed by atoms with Crippen molar-refractivity contribution in [3.05, 3.63) is 10.1 Å². The van der Waals surface area contributed by atoms with E-state index in [-0.39, 0.29) is 48.3 Å². The van der Waals surface area contributed by atoms with Crippen LogP contribution >= 0.6 is 0 Å². The molecule has 4 nitrogen and oxygen atoms in total. The first-order valence-electron chi connectivity index (χ1n) is 0.565. The molecule has 0 heterocycles. The molecule has 0 aliphatic heterocycles. The third kappa shape index (κ3) is 130. The Balaban J connectivity index is -0.00000000750. The van der Waals surface area contributed by atoms with Gasteiger partial charge in [-0.25, -0.2) is 0 Å². The average Bonchev–Trinajstić information content (AvgIpc) is 0.811. The molecule has 0 aromatic heterocycles. The maximum absolute atomic E-state index is 8.36. The van der Waals surface area contributed by atoms with Crippen LogP contribution in [0.25, 0.3) is 0 Å². The molecule has 0 fully saturated rings. The van der Waals surface area contributed by atoms with Crippen molar-refractivity contribution < 1.29 is 35.5 Å². The van der Waals surface area contributed by atoms with E-state index in [2.05, 4.69) is 0 Å². The average molecular weight is 197 g/mol. The van der Waals surface area contributed by atoms with Gasteiger partial charge in [-0.1, -0.05) is 0 Å². The van der Waals surface area contributed by atoms with Gasteiger partial charge < -0.3 is 8.06 Å². The minimum Gasteiger partial charge on any atom is -1.00 e. The Hall–Kier alpha value is 0.706. The van der Waals surface area contributed by atoms with Crippen molar-refractivity contribution in [2.75, 3.05) is 0 Å². The Morgan fingerprint density at radius 3 is 1.83 bits per heavy atom. The molecule has 0 aromatic rings. The Bertz CT molecular complexity index is 40.3. The Labute approximate surface area is 68.6 Å². The van der Waals surface area contributed by atoms with Gasteiger partial charge in [0.25, 0.3) is 5.09 Å². The molecule has 1 N–H and O–H groups in total. The van der Waals surface area contributed by atoms with Crippen molar-refractivity contribution in [1.29, 1.82) is 0 Å². The minimum atomic E-state index is -1.50. The minimum absolute atomic E-state index is 0. The molecule has 1 radical (unpaired) electrons. The standard InChI is InChI=1S/Ag.Mg.HNO3.2H/c;;2-1(3)4;;/h;;(H,2,3,4);;/q;+2;;2*-1. The van der Waals surface area contributed by atoms with E-state index in [9.17, 15) is 0 Å². The number of nitrogens with zero attached hydrogens (tertiary/aromatic N) is 1. The van der Waals surface area contributed by atoms with Gasteiger partial charge in [0.15, 0.2) is 0 Å². The first kappa shape index (κ1) is 15.9. The molecule has 0 spiro atoms. The molecule has 0 bridgehead atoms. The molecular formula is H3AgMgNO3. The summed E-state index contributed by atoms with van der Waals surface area (Å²) < 4.78 is 0. The largest absolute Gasteiger partial charge is 2.00 e. The molecule has 0 rings (SSSR count). The predicted molar refractivity (Wildman–Crippen MR) is 16.8 cm³/mol. The second-order valence-corrected chi connectivity index (χ2v) is 0.238. The van der Waals surface area contributed by atoms with E-state index in [1.54, 1.807) is 0 Å². The molecule has 0 aliphatic carbocycles. The van der Waals surface area contributed by atoms with Crippen LogP contribution in [0.1, 0.15) is 2.85 Å². The zero-order chi connectivity index (χ0) is 3.58. The monoisotopic (exact) mass is 196 g/mol. The van der Waals surface area contributed by atoms with Gasteiger partial charge >= 0.3 is 23.1 Å². The molecule has 39 valence electrons. The van der Waals surface area contributed by atoms with Gasteiger partial charge in [0, 0.05) is 22.4 Å². The van der Waals surface area contributed by atoms with Crippen LogP contribution in [-0.2, 0) is 22.4 Å². The van der Waals surface area contributed by atoms with Crippen LogP contribution in [0.4, 0.5) is 0 Å². The van der Waals surface area contributed by atoms with E-state index >= 15 is 0 Å². The van der Waals surface area contributed by atoms with E-state index in [4.69, 9.17) is 15.3 Å². The van der Waals surface area contributed by atoms with E-state index < -0.39 is 5.09 Å². The third-order valence-electron chi connectivity index (χ3n) is 0. The molecule has 0 atom stereocenters. The van der Waals surface area contributed by atoms with E-state index in [1.807, 2.05) is 0 Å². The van der Waals surface area contributed by atoms with Crippen LogP contribution in [-0.4, -0.2) is 33.3 Å². The maximum Gasteiger partial charge on any atom is 2.00 e. The summed E-state index contributed by atoms with van der Waals surface area (Å²) in [5, 5.41) is 13.6. The molecule has 0 unspecified atom stereocenters. The Kier molecular flexibility index (Phi) is 24.4. The van der Waals surface area contributed by atoms with Crippen molar-refractivity contribution in [1.82, 2.24) is 0 Å². The zero-order valence-corrected chi connectivity index (χ0v) is 5.62. The number of hydrogen-bond acceptors (Lipinski definition) is 2. The molecule has 0 aromatic carbocycles. The van der Waals surface area contributed by atoms with Crippen LogP contribution in [0.3, 0.4) is 0 Å². The van der Waals surface area contributed by atoms with Gasteiger partial charge in [-0.3, -0.25) is 0 Å². The van der Waals surface area contributed by atoms with Crippen LogP contribution in [0.2, 0.25) is 0 Å². The predicted octanol–water partition coefficient (Wildman–Crippen LogP) is -0.506.